The lowest BCUT2D eigenvalue weighted by Gasteiger charge is -2.16. The van der Waals surface area contributed by atoms with E-state index in [9.17, 15) is 4.79 Å². The van der Waals surface area contributed by atoms with E-state index in [4.69, 9.17) is 4.52 Å². The van der Waals surface area contributed by atoms with E-state index in [0.717, 1.165) is 29.8 Å². The van der Waals surface area contributed by atoms with Gasteiger partial charge < -0.3 is 9.42 Å². The number of rotatable bonds is 3. The van der Waals surface area contributed by atoms with Crippen LogP contribution < -0.4 is 0 Å². The molecule has 25 heavy (non-hydrogen) atoms. The average molecular weight is 333 g/mol. The summed E-state index contributed by atoms with van der Waals surface area (Å²) in [6.45, 7) is 3.42. The summed E-state index contributed by atoms with van der Waals surface area (Å²) in [6, 6.07) is 13.8. The fraction of sp³-hybridized carbons (Fsp3) is 0.250. The minimum absolute atomic E-state index is 0.0322. The first-order chi connectivity index (χ1) is 12.2. The molecular formula is C20H19N3O2. The van der Waals surface area contributed by atoms with E-state index in [2.05, 4.69) is 10.1 Å². The predicted molar refractivity (Wildman–Crippen MR) is 94.2 cm³/mol. The summed E-state index contributed by atoms with van der Waals surface area (Å²) in [6.07, 6.45) is 4.24. The van der Waals surface area contributed by atoms with Crippen LogP contribution in [0.4, 0.5) is 0 Å². The maximum Gasteiger partial charge on any atom is 0.259 e. The number of amides is 1. The number of hydrogen-bond donors (Lipinski definition) is 0. The molecule has 3 heterocycles. The number of pyridine rings is 1. The van der Waals surface area contributed by atoms with E-state index in [-0.39, 0.29) is 11.8 Å². The van der Waals surface area contributed by atoms with Crippen molar-refractivity contribution < 1.29 is 9.32 Å². The topological polar surface area (TPSA) is 59.2 Å². The van der Waals surface area contributed by atoms with Gasteiger partial charge in [-0.25, -0.2) is 0 Å². The lowest BCUT2D eigenvalue weighted by atomic mass is 10.0. The Bertz CT molecular complexity index is 871. The second-order valence-corrected chi connectivity index (χ2v) is 6.43. The maximum atomic E-state index is 13.0. The molecule has 0 saturated carbocycles. The molecule has 5 heteroatoms. The maximum absolute atomic E-state index is 13.0. The summed E-state index contributed by atoms with van der Waals surface area (Å²) in [5.74, 6) is 0.786. The van der Waals surface area contributed by atoms with Crippen LogP contribution >= 0.6 is 0 Å². The lowest BCUT2D eigenvalue weighted by Crippen LogP contribution is -2.28. The number of aromatic nitrogens is 2. The predicted octanol–water partition coefficient (Wildman–Crippen LogP) is 3.67. The molecule has 1 aliphatic rings. The molecule has 3 aromatic rings. The molecule has 1 unspecified atom stereocenters. The van der Waals surface area contributed by atoms with Crippen molar-refractivity contribution in [2.45, 2.75) is 19.3 Å². The molecule has 5 nitrogen and oxygen atoms in total. The Balaban J connectivity index is 1.55. The summed E-state index contributed by atoms with van der Waals surface area (Å²) >= 11 is 0. The SMILES string of the molecule is Cc1ccc(-c2oncc2C(=O)N2CCC(c3ccccn3)C2)cc1. The molecule has 0 bridgehead atoms. The van der Waals surface area contributed by atoms with Gasteiger partial charge in [0.05, 0.1) is 6.20 Å². The number of likely N-dealkylation sites (tertiary alicyclic amines) is 1. The van der Waals surface area contributed by atoms with Crippen molar-refractivity contribution in [1.29, 1.82) is 0 Å². The highest BCUT2D eigenvalue weighted by molar-refractivity contribution is 5.99. The van der Waals surface area contributed by atoms with E-state index >= 15 is 0 Å². The molecule has 1 fully saturated rings. The summed E-state index contributed by atoms with van der Waals surface area (Å²) in [5.41, 5.74) is 3.59. The van der Waals surface area contributed by atoms with Crippen molar-refractivity contribution in [3.63, 3.8) is 0 Å². The van der Waals surface area contributed by atoms with E-state index in [1.165, 1.54) is 6.20 Å². The quantitative estimate of drug-likeness (QED) is 0.734. The molecule has 0 spiro atoms. The number of carbonyl (C=O) groups excluding carboxylic acids is 1. The van der Waals surface area contributed by atoms with Crippen LogP contribution in [0.1, 0.15) is 34.0 Å². The zero-order valence-corrected chi connectivity index (χ0v) is 14.1. The van der Waals surface area contributed by atoms with Crippen LogP contribution in [0.3, 0.4) is 0 Å². The average Bonchev–Trinajstić information content (AvgIpc) is 3.32. The first-order valence-electron chi connectivity index (χ1n) is 8.44. The largest absolute Gasteiger partial charge is 0.355 e. The Morgan fingerprint density at radius 3 is 2.80 bits per heavy atom. The summed E-state index contributed by atoms with van der Waals surface area (Å²) in [5, 5.41) is 3.86. The van der Waals surface area contributed by atoms with Gasteiger partial charge in [-0.05, 0) is 25.5 Å². The van der Waals surface area contributed by atoms with Gasteiger partial charge in [0.2, 0.25) is 0 Å². The monoisotopic (exact) mass is 333 g/mol. The summed E-state index contributed by atoms with van der Waals surface area (Å²) in [7, 11) is 0. The van der Waals surface area contributed by atoms with Crippen molar-refractivity contribution in [3.05, 3.63) is 71.7 Å². The molecular weight excluding hydrogens is 314 g/mol. The number of carbonyl (C=O) groups is 1. The number of benzene rings is 1. The minimum atomic E-state index is -0.0322. The van der Waals surface area contributed by atoms with Crippen molar-refractivity contribution >= 4 is 5.91 Å². The van der Waals surface area contributed by atoms with Crippen LogP contribution in [0, 0.1) is 6.92 Å². The fourth-order valence-corrected chi connectivity index (χ4v) is 3.28. The van der Waals surface area contributed by atoms with Gasteiger partial charge in [-0.15, -0.1) is 0 Å². The van der Waals surface area contributed by atoms with Crippen LogP contribution in [-0.4, -0.2) is 34.0 Å². The van der Waals surface area contributed by atoms with Gasteiger partial charge in [-0.3, -0.25) is 9.78 Å². The molecule has 0 aliphatic carbocycles. The van der Waals surface area contributed by atoms with E-state index < -0.39 is 0 Å². The van der Waals surface area contributed by atoms with Gasteiger partial charge in [-0.2, -0.15) is 0 Å². The Labute approximate surface area is 146 Å². The normalized spacial score (nSPS) is 17.0. The first-order valence-corrected chi connectivity index (χ1v) is 8.44. The molecule has 0 radical (unpaired) electrons. The van der Waals surface area contributed by atoms with E-state index in [1.807, 2.05) is 54.3 Å². The third-order valence-corrected chi connectivity index (χ3v) is 4.70. The minimum Gasteiger partial charge on any atom is -0.355 e. The highest BCUT2D eigenvalue weighted by Gasteiger charge is 2.31. The lowest BCUT2D eigenvalue weighted by molar-refractivity contribution is 0.0791. The molecule has 1 amide bonds. The Kier molecular flexibility index (Phi) is 4.06. The molecule has 1 aromatic carbocycles. The molecule has 4 rings (SSSR count). The van der Waals surface area contributed by atoms with Gasteiger partial charge in [0.25, 0.3) is 5.91 Å². The zero-order valence-electron chi connectivity index (χ0n) is 14.1. The van der Waals surface area contributed by atoms with Crippen molar-refractivity contribution in [3.8, 4) is 11.3 Å². The Hall–Kier alpha value is -2.95. The van der Waals surface area contributed by atoms with Crippen molar-refractivity contribution in [1.82, 2.24) is 15.0 Å². The fourth-order valence-electron chi connectivity index (χ4n) is 3.28. The highest BCUT2D eigenvalue weighted by Crippen LogP contribution is 2.30. The van der Waals surface area contributed by atoms with Gasteiger partial charge in [0.15, 0.2) is 5.76 Å². The van der Waals surface area contributed by atoms with Crippen molar-refractivity contribution in [2.75, 3.05) is 13.1 Å². The van der Waals surface area contributed by atoms with Gasteiger partial charge >= 0.3 is 0 Å². The van der Waals surface area contributed by atoms with Crippen LogP contribution in [0.5, 0.6) is 0 Å². The Morgan fingerprint density at radius 2 is 2.04 bits per heavy atom. The number of hydrogen-bond acceptors (Lipinski definition) is 4. The van der Waals surface area contributed by atoms with Crippen LogP contribution in [-0.2, 0) is 0 Å². The summed E-state index contributed by atoms with van der Waals surface area (Å²) in [4.78, 5) is 19.2. The molecule has 1 atom stereocenters. The molecule has 2 aromatic heterocycles. The standard InChI is InChI=1S/C20H19N3O2/c1-14-5-7-15(8-6-14)19-17(12-22-25-19)20(24)23-11-9-16(13-23)18-4-2-3-10-21-18/h2-8,10,12,16H,9,11,13H2,1H3. The zero-order chi connectivity index (χ0) is 17.2. The van der Waals surface area contributed by atoms with Crippen LogP contribution in [0.15, 0.2) is 59.4 Å². The van der Waals surface area contributed by atoms with Gasteiger partial charge in [-0.1, -0.05) is 41.1 Å². The third kappa shape index (κ3) is 3.05. The van der Waals surface area contributed by atoms with Crippen molar-refractivity contribution in [2.24, 2.45) is 0 Å². The van der Waals surface area contributed by atoms with Gasteiger partial charge in [0.1, 0.15) is 5.56 Å². The summed E-state index contributed by atoms with van der Waals surface area (Å²) < 4.78 is 5.37. The van der Waals surface area contributed by atoms with Gasteiger partial charge in [0, 0.05) is 36.5 Å². The third-order valence-electron chi connectivity index (χ3n) is 4.70. The van der Waals surface area contributed by atoms with E-state index in [1.54, 1.807) is 6.20 Å². The number of aryl methyl sites for hydroxylation is 1. The second kappa shape index (κ2) is 6.51. The van der Waals surface area contributed by atoms with Crippen LogP contribution in [0.2, 0.25) is 0 Å². The Morgan fingerprint density at radius 1 is 1.20 bits per heavy atom. The molecule has 0 N–H and O–H groups in total. The smallest absolute Gasteiger partial charge is 0.259 e. The first kappa shape index (κ1) is 15.6. The number of nitrogens with zero attached hydrogens (tertiary/aromatic N) is 3. The molecule has 126 valence electrons. The second-order valence-electron chi connectivity index (χ2n) is 6.43. The highest BCUT2D eigenvalue weighted by atomic mass is 16.5. The molecule has 1 saturated heterocycles. The van der Waals surface area contributed by atoms with Crippen LogP contribution in [0.25, 0.3) is 11.3 Å². The van der Waals surface area contributed by atoms with E-state index in [0.29, 0.717) is 17.9 Å². The molecule has 1 aliphatic heterocycles.